The first-order chi connectivity index (χ1) is 9.90. The van der Waals surface area contributed by atoms with E-state index in [0.717, 1.165) is 35.8 Å². The van der Waals surface area contributed by atoms with E-state index >= 15 is 0 Å². The number of ether oxygens (including phenoxy) is 1. The number of rotatable bonds is 7. The Bertz CT molecular complexity index is 397. The van der Waals surface area contributed by atoms with Crippen molar-refractivity contribution in [2.24, 2.45) is 11.8 Å². The molecule has 1 N–H and O–H groups in total. The summed E-state index contributed by atoms with van der Waals surface area (Å²) in [6.07, 6.45) is 5.14. The van der Waals surface area contributed by atoms with Gasteiger partial charge in [-0.3, -0.25) is 0 Å². The summed E-state index contributed by atoms with van der Waals surface area (Å²) in [5.74, 6) is 2.42. The monoisotopic (exact) mass is 291 g/mol. The predicted molar refractivity (Wildman–Crippen MR) is 93.8 cm³/mol. The van der Waals surface area contributed by atoms with Crippen LogP contribution in [0.4, 0.5) is 0 Å². The van der Waals surface area contributed by atoms with Gasteiger partial charge in [-0.2, -0.15) is 0 Å². The molecule has 0 spiro atoms. The van der Waals surface area contributed by atoms with Gasteiger partial charge in [0.2, 0.25) is 0 Å². The van der Waals surface area contributed by atoms with Crippen LogP contribution in [0.15, 0.2) is 18.2 Å². The number of nitrogens with one attached hydrogen (secondary N) is 1. The van der Waals surface area contributed by atoms with Crippen LogP contribution in [0.3, 0.4) is 0 Å². The molecule has 1 rings (SSSR count). The van der Waals surface area contributed by atoms with Crippen molar-refractivity contribution in [2.75, 3.05) is 6.61 Å². The molecular weight excluding hydrogens is 258 g/mol. The minimum atomic E-state index is 0.664. The van der Waals surface area contributed by atoms with E-state index < -0.39 is 0 Å². The maximum Gasteiger partial charge on any atom is 0.119 e. The maximum atomic E-state index is 7.25. The molecule has 1 aromatic carbocycles. The first-order valence-corrected chi connectivity index (χ1v) is 8.14. The zero-order chi connectivity index (χ0) is 16.3. The fourth-order valence-electron chi connectivity index (χ4n) is 1.85. The Morgan fingerprint density at radius 1 is 1.10 bits per heavy atom. The molecular formula is C19H33NO. The normalized spacial score (nSPS) is 10.3. The first-order valence-electron chi connectivity index (χ1n) is 8.14. The zero-order valence-electron chi connectivity index (χ0n) is 14.7. The molecule has 0 aliphatic rings. The van der Waals surface area contributed by atoms with Crippen LogP contribution in [0, 0.1) is 24.2 Å². The van der Waals surface area contributed by atoms with Crippen molar-refractivity contribution in [3.8, 4) is 5.75 Å². The highest BCUT2D eigenvalue weighted by atomic mass is 16.5. The fourth-order valence-corrected chi connectivity index (χ4v) is 1.85. The Balaban J connectivity index is 0.000000567. The molecule has 0 unspecified atom stereocenters. The van der Waals surface area contributed by atoms with E-state index in [-0.39, 0.29) is 0 Å². The second kappa shape index (κ2) is 11.4. The Kier molecular flexibility index (Phi) is 10.7. The number of hydrogen-bond donors (Lipinski definition) is 1. The standard InChI is InChI=1S/C13H19NO.C6H14/c1-10(2)6-7-15-13-5-4-11(3)12(8-13)9-14;1-4-5-6(2)3/h4-5,8-10,14H,6-7H2,1-3H3;6H,4-5H2,1-3H3. The fraction of sp³-hybridized carbons (Fsp3) is 0.632. The largest absolute Gasteiger partial charge is 0.494 e. The highest BCUT2D eigenvalue weighted by Gasteiger charge is 2.00. The van der Waals surface area contributed by atoms with E-state index in [1.54, 1.807) is 0 Å². The van der Waals surface area contributed by atoms with Gasteiger partial charge in [0.25, 0.3) is 0 Å². The smallest absolute Gasteiger partial charge is 0.119 e. The van der Waals surface area contributed by atoms with Gasteiger partial charge in [-0.15, -0.1) is 0 Å². The lowest BCUT2D eigenvalue weighted by molar-refractivity contribution is 0.289. The maximum absolute atomic E-state index is 7.25. The lowest BCUT2D eigenvalue weighted by Gasteiger charge is -2.09. The Hall–Kier alpha value is -1.31. The molecule has 0 aliphatic carbocycles. The number of aryl methyl sites for hydroxylation is 1. The number of hydrogen-bond acceptors (Lipinski definition) is 2. The summed E-state index contributed by atoms with van der Waals surface area (Å²) < 4.78 is 5.61. The van der Waals surface area contributed by atoms with Crippen LogP contribution in [0.1, 0.15) is 65.0 Å². The number of benzene rings is 1. The van der Waals surface area contributed by atoms with Crippen molar-refractivity contribution in [1.82, 2.24) is 0 Å². The Morgan fingerprint density at radius 3 is 2.14 bits per heavy atom. The van der Waals surface area contributed by atoms with Gasteiger partial charge in [0, 0.05) is 6.21 Å². The van der Waals surface area contributed by atoms with Gasteiger partial charge in [0.15, 0.2) is 0 Å². The summed E-state index contributed by atoms with van der Waals surface area (Å²) in [5, 5.41) is 7.25. The van der Waals surface area contributed by atoms with Gasteiger partial charge < -0.3 is 10.1 Å². The molecule has 2 nitrogen and oxygen atoms in total. The van der Waals surface area contributed by atoms with Gasteiger partial charge in [-0.1, -0.05) is 53.5 Å². The van der Waals surface area contributed by atoms with Crippen LogP contribution in [0.25, 0.3) is 0 Å². The summed E-state index contributed by atoms with van der Waals surface area (Å²) >= 11 is 0. The molecule has 0 radical (unpaired) electrons. The molecule has 120 valence electrons. The SMILES string of the molecule is CCCC(C)C.Cc1ccc(OCCC(C)C)cc1C=N. The molecule has 0 aliphatic heterocycles. The lowest BCUT2D eigenvalue weighted by Crippen LogP contribution is -2.01. The molecule has 1 aromatic rings. The molecule has 0 atom stereocenters. The third kappa shape index (κ3) is 10.1. The summed E-state index contributed by atoms with van der Waals surface area (Å²) in [6.45, 7) is 13.8. The van der Waals surface area contributed by atoms with Gasteiger partial charge in [0.05, 0.1) is 6.61 Å². The zero-order valence-corrected chi connectivity index (χ0v) is 14.7. The highest BCUT2D eigenvalue weighted by Crippen LogP contribution is 2.16. The van der Waals surface area contributed by atoms with Crippen LogP contribution in [0.5, 0.6) is 5.75 Å². The third-order valence-corrected chi connectivity index (χ3v) is 3.24. The van der Waals surface area contributed by atoms with Gasteiger partial charge in [0.1, 0.15) is 5.75 Å². The highest BCUT2D eigenvalue weighted by molar-refractivity contribution is 5.79. The molecule has 0 heterocycles. The first kappa shape index (κ1) is 19.7. The summed E-state index contributed by atoms with van der Waals surface area (Å²) in [5.41, 5.74) is 2.04. The second-order valence-corrected chi connectivity index (χ2v) is 6.38. The van der Waals surface area contributed by atoms with E-state index in [1.165, 1.54) is 19.1 Å². The van der Waals surface area contributed by atoms with E-state index in [0.29, 0.717) is 5.92 Å². The third-order valence-electron chi connectivity index (χ3n) is 3.24. The predicted octanol–water partition coefficient (Wildman–Crippen LogP) is 5.86. The average Bonchev–Trinajstić information content (AvgIpc) is 2.41. The molecule has 0 fully saturated rings. The van der Waals surface area contributed by atoms with Crippen LogP contribution >= 0.6 is 0 Å². The molecule has 0 amide bonds. The molecule has 0 saturated carbocycles. The molecule has 0 bridgehead atoms. The van der Waals surface area contributed by atoms with Crippen LogP contribution in [-0.2, 0) is 0 Å². The summed E-state index contributed by atoms with van der Waals surface area (Å²) in [7, 11) is 0. The van der Waals surface area contributed by atoms with Gasteiger partial charge in [-0.05, 0) is 48.4 Å². The minimum Gasteiger partial charge on any atom is -0.494 e. The topological polar surface area (TPSA) is 33.1 Å². The van der Waals surface area contributed by atoms with E-state index in [4.69, 9.17) is 10.1 Å². The van der Waals surface area contributed by atoms with Crippen molar-refractivity contribution in [1.29, 1.82) is 5.41 Å². The summed E-state index contributed by atoms with van der Waals surface area (Å²) in [4.78, 5) is 0. The van der Waals surface area contributed by atoms with Crippen LogP contribution < -0.4 is 4.74 Å². The van der Waals surface area contributed by atoms with Crippen molar-refractivity contribution in [3.05, 3.63) is 29.3 Å². The van der Waals surface area contributed by atoms with E-state index in [1.807, 2.05) is 25.1 Å². The Morgan fingerprint density at radius 2 is 1.71 bits per heavy atom. The van der Waals surface area contributed by atoms with Crippen LogP contribution in [0.2, 0.25) is 0 Å². The van der Waals surface area contributed by atoms with Crippen molar-refractivity contribution in [3.63, 3.8) is 0 Å². The molecule has 21 heavy (non-hydrogen) atoms. The van der Waals surface area contributed by atoms with Gasteiger partial charge >= 0.3 is 0 Å². The van der Waals surface area contributed by atoms with Crippen molar-refractivity contribution >= 4 is 6.21 Å². The Labute approximate surface area is 131 Å². The molecule has 0 saturated heterocycles. The second-order valence-electron chi connectivity index (χ2n) is 6.38. The molecule has 0 aromatic heterocycles. The molecule has 2 heteroatoms. The van der Waals surface area contributed by atoms with Gasteiger partial charge in [-0.25, -0.2) is 0 Å². The van der Waals surface area contributed by atoms with Crippen LogP contribution in [-0.4, -0.2) is 12.8 Å². The minimum absolute atomic E-state index is 0.664. The van der Waals surface area contributed by atoms with Crippen molar-refractivity contribution in [2.45, 2.75) is 60.8 Å². The van der Waals surface area contributed by atoms with E-state index in [9.17, 15) is 0 Å². The van der Waals surface area contributed by atoms with Crippen molar-refractivity contribution < 1.29 is 4.74 Å². The average molecular weight is 291 g/mol. The quantitative estimate of drug-likeness (QED) is 0.627. The lowest BCUT2D eigenvalue weighted by atomic mass is 10.1. The summed E-state index contributed by atoms with van der Waals surface area (Å²) in [6, 6.07) is 5.87. The van der Waals surface area contributed by atoms with E-state index in [2.05, 4.69) is 34.6 Å².